The maximum atomic E-state index is 12.2. The lowest BCUT2D eigenvalue weighted by Gasteiger charge is -2.04. The minimum absolute atomic E-state index is 0.128. The first-order valence-electron chi connectivity index (χ1n) is 5.65. The van der Waals surface area contributed by atoms with E-state index in [0.29, 0.717) is 15.8 Å². The quantitative estimate of drug-likeness (QED) is 0.532. The van der Waals surface area contributed by atoms with Crippen molar-refractivity contribution in [2.24, 2.45) is 0 Å². The zero-order valence-electron chi connectivity index (χ0n) is 10.5. The highest BCUT2D eigenvalue weighted by molar-refractivity contribution is 8.00. The van der Waals surface area contributed by atoms with Crippen molar-refractivity contribution in [3.05, 3.63) is 49.6 Å². The Morgan fingerprint density at radius 1 is 1.26 bits per heavy atom. The Morgan fingerprint density at radius 3 is 2.63 bits per heavy atom. The summed E-state index contributed by atoms with van der Waals surface area (Å²) in [5.74, 6) is 0.500. The van der Waals surface area contributed by atoms with Gasteiger partial charge in [0.2, 0.25) is 0 Å². The van der Waals surface area contributed by atoms with Crippen LogP contribution in [0.2, 0.25) is 10.0 Å². The van der Waals surface area contributed by atoms with E-state index in [1.54, 1.807) is 29.5 Å². The van der Waals surface area contributed by atoms with E-state index in [-0.39, 0.29) is 5.78 Å². The zero-order valence-corrected chi connectivity index (χ0v) is 13.6. The lowest BCUT2D eigenvalue weighted by atomic mass is 10.2. The second-order valence-electron chi connectivity index (χ2n) is 4.11. The molecular formula is C14H12Cl2OS2. The summed E-state index contributed by atoms with van der Waals surface area (Å²) in [5, 5.41) is 1.25. The minimum Gasteiger partial charge on any atom is -0.293 e. The van der Waals surface area contributed by atoms with Crippen LogP contribution in [0.15, 0.2) is 29.2 Å². The van der Waals surface area contributed by atoms with Crippen LogP contribution in [0.4, 0.5) is 0 Å². The van der Waals surface area contributed by atoms with Crippen molar-refractivity contribution >= 4 is 52.1 Å². The molecule has 0 radical (unpaired) electrons. The second-order valence-corrected chi connectivity index (χ2v) is 7.43. The molecule has 0 aliphatic heterocycles. The summed E-state index contributed by atoms with van der Waals surface area (Å²) in [6.45, 7) is 3.98. The average Bonchev–Trinajstić information content (AvgIpc) is 2.69. The molecule has 0 saturated heterocycles. The molecule has 2 rings (SSSR count). The van der Waals surface area contributed by atoms with Crippen LogP contribution in [0, 0.1) is 13.8 Å². The van der Waals surface area contributed by atoms with Crippen LogP contribution in [0.25, 0.3) is 0 Å². The number of halogens is 2. The smallest absolute Gasteiger partial charge is 0.174 e. The predicted octanol–water partition coefficient (Wildman–Crippen LogP) is 5.65. The molecule has 0 atom stereocenters. The number of carbonyl (C=O) groups is 1. The van der Waals surface area contributed by atoms with Crippen molar-refractivity contribution in [2.45, 2.75) is 18.7 Å². The molecule has 0 amide bonds. The van der Waals surface area contributed by atoms with E-state index in [1.807, 2.05) is 19.9 Å². The van der Waals surface area contributed by atoms with Crippen LogP contribution in [0.3, 0.4) is 0 Å². The van der Waals surface area contributed by atoms with Crippen molar-refractivity contribution in [1.82, 2.24) is 0 Å². The van der Waals surface area contributed by atoms with Crippen LogP contribution >= 0.6 is 46.3 Å². The van der Waals surface area contributed by atoms with Gasteiger partial charge >= 0.3 is 0 Å². The number of rotatable bonds is 4. The number of thioether (sulfide) groups is 1. The van der Waals surface area contributed by atoms with Gasteiger partial charge in [0.1, 0.15) is 0 Å². The number of hydrogen-bond acceptors (Lipinski definition) is 3. The zero-order chi connectivity index (χ0) is 14.0. The molecule has 2 aromatic rings. The fourth-order valence-electron chi connectivity index (χ4n) is 1.72. The summed E-state index contributed by atoms with van der Waals surface area (Å²) in [4.78, 5) is 15.2. The van der Waals surface area contributed by atoms with E-state index >= 15 is 0 Å². The first-order valence-corrected chi connectivity index (χ1v) is 8.21. The normalized spacial score (nSPS) is 10.7. The summed E-state index contributed by atoms with van der Waals surface area (Å²) < 4.78 is 0. The summed E-state index contributed by atoms with van der Waals surface area (Å²) >= 11 is 15.1. The molecule has 100 valence electrons. The Hall–Kier alpha value is -0.480. The fourth-order valence-corrected chi connectivity index (χ4v) is 4.04. The highest BCUT2D eigenvalue weighted by Gasteiger charge is 2.13. The molecular weight excluding hydrogens is 319 g/mol. The largest absolute Gasteiger partial charge is 0.293 e. The van der Waals surface area contributed by atoms with Crippen LogP contribution in [0.1, 0.15) is 20.1 Å². The van der Waals surface area contributed by atoms with E-state index in [0.717, 1.165) is 20.2 Å². The van der Waals surface area contributed by atoms with Crippen molar-refractivity contribution in [3.63, 3.8) is 0 Å². The highest BCUT2D eigenvalue weighted by atomic mass is 35.5. The lowest BCUT2D eigenvalue weighted by Crippen LogP contribution is -2.02. The number of aryl methyl sites for hydroxylation is 2. The number of Topliss-reactive ketones (excluding diaryl/α,β-unsaturated/α-hetero) is 1. The third-order valence-corrected chi connectivity index (χ3v) is 5.29. The topological polar surface area (TPSA) is 17.1 Å². The predicted molar refractivity (Wildman–Crippen MR) is 85.3 cm³/mol. The van der Waals surface area contributed by atoms with Crippen molar-refractivity contribution in [2.75, 3.05) is 5.75 Å². The van der Waals surface area contributed by atoms with Crippen LogP contribution in [0.5, 0.6) is 0 Å². The summed E-state index contributed by atoms with van der Waals surface area (Å²) in [6.07, 6.45) is 0. The van der Waals surface area contributed by atoms with Gasteiger partial charge in [-0.05, 0) is 38.1 Å². The molecule has 0 bridgehead atoms. The molecule has 0 unspecified atom stereocenters. The average molecular weight is 331 g/mol. The Labute approximate surface area is 130 Å². The van der Waals surface area contributed by atoms with Gasteiger partial charge in [-0.15, -0.1) is 23.1 Å². The summed E-state index contributed by atoms with van der Waals surface area (Å²) in [6, 6.07) is 7.22. The van der Waals surface area contributed by atoms with E-state index in [2.05, 4.69) is 0 Å². The summed E-state index contributed by atoms with van der Waals surface area (Å²) in [7, 11) is 0. The second kappa shape index (κ2) is 6.31. The molecule has 0 saturated carbocycles. The Kier molecular flexibility index (Phi) is 4.96. The van der Waals surface area contributed by atoms with Gasteiger partial charge < -0.3 is 0 Å². The molecule has 0 spiro atoms. The van der Waals surface area contributed by atoms with E-state index in [1.165, 1.54) is 11.8 Å². The van der Waals surface area contributed by atoms with Gasteiger partial charge in [0, 0.05) is 25.2 Å². The van der Waals surface area contributed by atoms with Crippen LogP contribution < -0.4 is 0 Å². The number of thiophene rings is 1. The van der Waals surface area contributed by atoms with Gasteiger partial charge in [-0.25, -0.2) is 0 Å². The summed E-state index contributed by atoms with van der Waals surface area (Å²) in [5.41, 5.74) is 0.813. The van der Waals surface area contributed by atoms with Crippen molar-refractivity contribution in [3.8, 4) is 0 Å². The van der Waals surface area contributed by atoms with Gasteiger partial charge in [0.05, 0.1) is 10.8 Å². The molecule has 0 N–H and O–H groups in total. The number of benzene rings is 1. The molecule has 0 aliphatic carbocycles. The standard InChI is InChI=1S/C14H12Cl2OS2/c1-8-5-11(9(2)19-8)13(17)7-18-14-6-10(15)3-4-12(14)16/h3-6H,7H2,1-2H3. The van der Waals surface area contributed by atoms with Crippen molar-refractivity contribution < 1.29 is 4.79 Å². The van der Waals surface area contributed by atoms with E-state index < -0.39 is 0 Å². The molecule has 0 fully saturated rings. The van der Waals surface area contributed by atoms with Crippen molar-refractivity contribution in [1.29, 1.82) is 0 Å². The first-order chi connectivity index (χ1) is 8.97. The molecule has 1 aromatic carbocycles. The Morgan fingerprint density at radius 2 is 2.00 bits per heavy atom. The van der Waals surface area contributed by atoms with Crippen LogP contribution in [-0.4, -0.2) is 11.5 Å². The number of carbonyl (C=O) groups excluding carboxylic acids is 1. The highest BCUT2D eigenvalue weighted by Crippen LogP contribution is 2.31. The Bertz CT molecular complexity index is 620. The third-order valence-electron chi connectivity index (χ3n) is 2.59. The maximum Gasteiger partial charge on any atom is 0.174 e. The van der Waals surface area contributed by atoms with E-state index in [9.17, 15) is 4.79 Å². The molecule has 1 heterocycles. The molecule has 1 aromatic heterocycles. The fraction of sp³-hybridized carbons (Fsp3) is 0.214. The molecule has 19 heavy (non-hydrogen) atoms. The SMILES string of the molecule is Cc1cc(C(=O)CSc2cc(Cl)ccc2Cl)c(C)s1. The third kappa shape index (κ3) is 3.76. The molecule has 5 heteroatoms. The van der Waals surface area contributed by atoms with Gasteiger partial charge in [-0.1, -0.05) is 23.2 Å². The minimum atomic E-state index is 0.128. The molecule has 0 aliphatic rings. The number of ketones is 1. The maximum absolute atomic E-state index is 12.2. The first kappa shape index (κ1) is 14.9. The van der Waals surface area contributed by atoms with Gasteiger partial charge in [-0.3, -0.25) is 4.79 Å². The van der Waals surface area contributed by atoms with Crippen LogP contribution in [-0.2, 0) is 0 Å². The van der Waals surface area contributed by atoms with Gasteiger partial charge in [-0.2, -0.15) is 0 Å². The molecule has 1 nitrogen and oxygen atoms in total. The van der Waals surface area contributed by atoms with E-state index in [4.69, 9.17) is 23.2 Å². The monoisotopic (exact) mass is 330 g/mol. The Balaban J connectivity index is 2.08. The number of hydrogen-bond donors (Lipinski definition) is 0. The van der Waals surface area contributed by atoms with Gasteiger partial charge in [0.15, 0.2) is 5.78 Å². The lowest BCUT2D eigenvalue weighted by molar-refractivity contribution is 0.102. The van der Waals surface area contributed by atoms with Gasteiger partial charge in [0.25, 0.3) is 0 Å².